The van der Waals surface area contributed by atoms with Crippen molar-refractivity contribution in [3.63, 3.8) is 0 Å². The first-order valence-corrected chi connectivity index (χ1v) is 8.00. The number of ketones is 1. The molecule has 8 heteroatoms. The van der Waals surface area contributed by atoms with Crippen LogP contribution in [0.3, 0.4) is 0 Å². The van der Waals surface area contributed by atoms with E-state index in [1.807, 2.05) is 31.2 Å². The van der Waals surface area contributed by atoms with Gasteiger partial charge in [0.25, 0.3) is 0 Å². The fourth-order valence-electron chi connectivity index (χ4n) is 2.14. The highest BCUT2D eigenvalue weighted by molar-refractivity contribution is 7.99. The number of carbonyl (C=O) groups is 1. The Morgan fingerprint density at radius 3 is 2.79 bits per heavy atom. The molecule has 0 aliphatic heterocycles. The number of hydrogen-bond acceptors (Lipinski definition) is 5. The topological polar surface area (TPSA) is 60.7 Å². The molecule has 0 saturated heterocycles. The molecule has 0 radical (unpaired) electrons. The van der Waals surface area contributed by atoms with Gasteiger partial charge in [-0.1, -0.05) is 30.0 Å². The van der Waals surface area contributed by atoms with E-state index >= 15 is 0 Å². The Hall–Kier alpha value is -2.61. The quantitative estimate of drug-likeness (QED) is 0.524. The van der Waals surface area contributed by atoms with E-state index in [0.29, 0.717) is 5.16 Å². The number of para-hydroxylation sites is 1. The molecular weight excluding hydrogens is 334 g/mol. The maximum Gasteiger partial charge on any atom is 0.214 e. The monoisotopic (exact) mass is 346 g/mol. The smallest absolute Gasteiger partial charge is 0.214 e. The minimum atomic E-state index is -0.750. The van der Waals surface area contributed by atoms with Gasteiger partial charge >= 0.3 is 0 Å². The van der Waals surface area contributed by atoms with Crippen LogP contribution < -0.4 is 0 Å². The third kappa shape index (κ3) is 3.33. The normalized spacial score (nSPS) is 10.8. The summed E-state index contributed by atoms with van der Waals surface area (Å²) in [5, 5.41) is 11.8. The van der Waals surface area contributed by atoms with Gasteiger partial charge in [0.05, 0.1) is 17.0 Å². The average molecular weight is 346 g/mol. The van der Waals surface area contributed by atoms with Crippen LogP contribution in [0.15, 0.2) is 47.6 Å². The zero-order chi connectivity index (χ0) is 17.1. The Balaban J connectivity index is 1.79. The summed E-state index contributed by atoms with van der Waals surface area (Å²) < 4.78 is 28.3. The molecule has 1 aromatic heterocycles. The molecule has 0 saturated carbocycles. The zero-order valence-corrected chi connectivity index (χ0v) is 13.4. The molecule has 5 nitrogen and oxygen atoms in total. The molecule has 0 aliphatic rings. The molecule has 0 fully saturated rings. The highest BCUT2D eigenvalue weighted by Crippen LogP contribution is 2.22. The second kappa shape index (κ2) is 6.88. The van der Waals surface area contributed by atoms with Crippen molar-refractivity contribution in [2.24, 2.45) is 0 Å². The number of aryl methyl sites for hydroxylation is 1. The SMILES string of the molecule is Cc1ccccc1-n1nnnc1SCC(=O)c1cc(F)ccc1F. The largest absolute Gasteiger partial charge is 0.293 e. The molecule has 0 aliphatic carbocycles. The Morgan fingerprint density at radius 1 is 1.21 bits per heavy atom. The molecule has 0 atom stereocenters. The summed E-state index contributed by atoms with van der Waals surface area (Å²) in [6.45, 7) is 1.92. The predicted octanol–water partition coefficient (Wildman–Crippen LogP) is 3.22. The molecular formula is C16H12F2N4OS. The first kappa shape index (κ1) is 16.3. The predicted molar refractivity (Wildman–Crippen MR) is 85.3 cm³/mol. The second-order valence-electron chi connectivity index (χ2n) is 5.00. The summed E-state index contributed by atoms with van der Waals surface area (Å²) in [5.74, 6) is -2.04. The van der Waals surface area contributed by atoms with Crippen molar-refractivity contribution in [3.05, 3.63) is 65.2 Å². The van der Waals surface area contributed by atoms with Crippen LogP contribution in [0.5, 0.6) is 0 Å². The lowest BCUT2D eigenvalue weighted by molar-refractivity contribution is 0.101. The van der Waals surface area contributed by atoms with E-state index in [1.54, 1.807) is 0 Å². The summed E-state index contributed by atoms with van der Waals surface area (Å²) in [5.41, 5.74) is 1.47. The fraction of sp³-hybridized carbons (Fsp3) is 0.125. The van der Waals surface area contributed by atoms with Crippen molar-refractivity contribution < 1.29 is 13.6 Å². The maximum atomic E-state index is 13.6. The zero-order valence-electron chi connectivity index (χ0n) is 12.6. The highest BCUT2D eigenvalue weighted by atomic mass is 32.2. The van der Waals surface area contributed by atoms with Crippen LogP contribution in [-0.4, -0.2) is 31.7 Å². The van der Waals surface area contributed by atoms with Crippen molar-refractivity contribution in [3.8, 4) is 5.69 Å². The number of rotatable bonds is 5. The van der Waals surface area contributed by atoms with Crippen LogP contribution in [0.2, 0.25) is 0 Å². The average Bonchev–Trinajstić information content (AvgIpc) is 3.03. The number of thioether (sulfide) groups is 1. The molecule has 1 heterocycles. The van der Waals surface area contributed by atoms with E-state index in [4.69, 9.17) is 0 Å². The lowest BCUT2D eigenvalue weighted by Crippen LogP contribution is -2.08. The van der Waals surface area contributed by atoms with Crippen LogP contribution in [0, 0.1) is 18.6 Å². The summed E-state index contributed by atoms with van der Waals surface area (Å²) in [6.07, 6.45) is 0. The van der Waals surface area contributed by atoms with Gasteiger partial charge in [0.2, 0.25) is 5.16 Å². The fourth-order valence-corrected chi connectivity index (χ4v) is 2.91. The standard InChI is InChI=1S/C16H12F2N4OS/c1-10-4-2-3-5-14(10)22-16(19-20-21-22)24-9-15(23)12-8-11(17)6-7-13(12)18/h2-8H,9H2,1H3. The molecule has 0 unspecified atom stereocenters. The third-order valence-electron chi connectivity index (χ3n) is 3.35. The molecule has 3 rings (SSSR count). The molecule has 3 aromatic rings. The molecule has 122 valence electrons. The number of nitrogens with zero attached hydrogens (tertiary/aromatic N) is 4. The van der Waals surface area contributed by atoms with Crippen molar-refractivity contribution >= 4 is 17.5 Å². The van der Waals surface area contributed by atoms with E-state index in [9.17, 15) is 13.6 Å². The van der Waals surface area contributed by atoms with Crippen LogP contribution >= 0.6 is 11.8 Å². The van der Waals surface area contributed by atoms with Crippen LogP contribution in [0.4, 0.5) is 8.78 Å². The molecule has 0 N–H and O–H groups in total. The lowest BCUT2D eigenvalue weighted by Gasteiger charge is -2.07. The summed E-state index contributed by atoms with van der Waals surface area (Å²) >= 11 is 1.06. The number of benzene rings is 2. The van der Waals surface area contributed by atoms with E-state index in [-0.39, 0.29) is 11.3 Å². The van der Waals surface area contributed by atoms with Crippen LogP contribution in [0.1, 0.15) is 15.9 Å². The van der Waals surface area contributed by atoms with Gasteiger partial charge in [0, 0.05) is 0 Å². The maximum absolute atomic E-state index is 13.6. The number of carbonyl (C=O) groups excluding carboxylic acids is 1. The summed E-state index contributed by atoms with van der Waals surface area (Å²) in [6, 6.07) is 10.3. The van der Waals surface area contributed by atoms with Crippen molar-refractivity contribution in [2.45, 2.75) is 12.1 Å². The molecule has 0 spiro atoms. The van der Waals surface area contributed by atoms with Crippen LogP contribution in [-0.2, 0) is 0 Å². The molecule has 2 aromatic carbocycles. The van der Waals surface area contributed by atoms with Crippen molar-refractivity contribution in [1.29, 1.82) is 0 Å². The Morgan fingerprint density at radius 2 is 2.00 bits per heavy atom. The summed E-state index contributed by atoms with van der Waals surface area (Å²) in [7, 11) is 0. The Bertz CT molecular complexity index is 897. The molecule has 24 heavy (non-hydrogen) atoms. The van der Waals surface area contributed by atoms with E-state index in [1.165, 1.54) is 4.68 Å². The van der Waals surface area contributed by atoms with Crippen molar-refractivity contribution in [1.82, 2.24) is 20.2 Å². The number of tetrazole rings is 1. The molecule has 0 bridgehead atoms. The number of Topliss-reactive ketones (excluding diaryl/α,β-unsaturated/α-hetero) is 1. The first-order chi connectivity index (χ1) is 11.6. The lowest BCUT2D eigenvalue weighted by atomic mass is 10.1. The summed E-state index contributed by atoms with van der Waals surface area (Å²) in [4.78, 5) is 12.1. The number of aromatic nitrogens is 4. The number of halogens is 2. The van der Waals surface area contributed by atoms with Gasteiger partial charge in [0.1, 0.15) is 11.6 Å². The van der Waals surface area contributed by atoms with Gasteiger partial charge in [-0.15, -0.1) is 5.10 Å². The highest BCUT2D eigenvalue weighted by Gasteiger charge is 2.16. The van der Waals surface area contributed by atoms with Gasteiger partial charge in [0.15, 0.2) is 5.78 Å². The molecule has 0 amide bonds. The van der Waals surface area contributed by atoms with Crippen LogP contribution in [0.25, 0.3) is 5.69 Å². The Labute approximate surface area is 140 Å². The van der Waals surface area contributed by atoms with Gasteiger partial charge in [-0.2, -0.15) is 4.68 Å². The van der Waals surface area contributed by atoms with Crippen molar-refractivity contribution in [2.75, 3.05) is 5.75 Å². The van der Waals surface area contributed by atoms with Gasteiger partial charge in [-0.05, 0) is 47.2 Å². The van der Waals surface area contributed by atoms with E-state index in [0.717, 1.165) is 41.2 Å². The van der Waals surface area contributed by atoms with E-state index < -0.39 is 17.4 Å². The van der Waals surface area contributed by atoms with E-state index in [2.05, 4.69) is 15.5 Å². The first-order valence-electron chi connectivity index (χ1n) is 7.01. The second-order valence-corrected chi connectivity index (χ2v) is 5.94. The van der Waals surface area contributed by atoms with Gasteiger partial charge in [-0.25, -0.2) is 8.78 Å². The Kier molecular flexibility index (Phi) is 4.66. The third-order valence-corrected chi connectivity index (χ3v) is 4.27. The minimum absolute atomic E-state index is 0.105. The number of hydrogen-bond donors (Lipinski definition) is 0. The minimum Gasteiger partial charge on any atom is -0.293 e. The van der Waals surface area contributed by atoms with Gasteiger partial charge < -0.3 is 0 Å². The van der Waals surface area contributed by atoms with Gasteiger partial charge in [-0.3, -0.25) is 4.79 Å².